The van der Waals surface area contributed by atoms with Crippen LogP contribution in [0.5, 0.6) is 0 Å². The fourth-order valence-electron chi connectivity index (χ4n) is 2.85. The first kappa shape index (κ1) is 21.2. The molecule has 0 atom stereocenters. The molecule has 1 heterocycles. The molecule has 8 heteroatoms. The van der Waals surface area contributed by atoms with Crippen LogP contribution in [0.2, 0.25) is 0 Å². The number of nitrogens with one attached hydrogen (secondary N) is 1. The molecule has 30 heavy (non-hydrogen) atoms. The molecule has 0 radical (unpaired) electrons. The zero-order chi connectivity index (χ0) is 21.8. The second-order valence-corrected chi connectivity index (χ2v) is 7.50. The van der Waals surface area contributed by atoms with Crippen LogP contribution in [0.4, 0.5) is 4.39 Å². The summed E-state index contributed by atoms with van der Waals surface area (Å²) in [4.78, 5) is 38.6. The van der Waals surface area contributed by atoms with Crippen molar-refractivity contribution in [2.24, 2.45) is 5.92 Å². The highest BCUT2D eigenvalue weighted by atomic mass is 19.1. The molecule has 3 aromatic rings. The zero-order valence-electron chi connectivity index (χ0n) is 17.1. The number of halogens is 1. The monoisotopic (exact) mass is 410 g/mol. The predicted octanol–water partition coefficient (Wildman–Crippen LogP) is 2.28. The van der Waals surface area contributed by atoms with Gasteiger partial charge < -0.3 is 5.32 Å². The summed E-state index contributed by atoms with van der Waals surface area (Å²) < 4.78 is 15.5. The second-order valence-electron chi connectivity index (χ2n) is 7.50. The number of carbonyl (C=O) groups excluding carboxylic acids is 1. The predicted molar refractivity (Wildman–Crippen MR) is 112 cm³/mol. The SMILES string of the molecule is Cc1ccc(-n2nc(C(=O)NCC(C)C)c(=O)n(Cc3cccc(F)c3)c2=O)cc1. The Morgan fingerprint density at radius 3 is 2.47 bits per heavy atom. The minimum absolute atomic E-state index is 0.173. The molecule has 1 amide bonds. The van der Waals surface area contributed by atoms with Gasteiger partial charge in [0.1, 0.15) is 5.82 Å². The number of rotatable bonds is 6. The summed E-state index contributed by atoms with van der Waals surface area (Å²) in [6, 6.07) is 12.5. The molecule has 0 fully saturated rings. The van der Waals surface area contributed by atoms with E-state index >= 15 is 0 Å². The van der Waals surface area contributed by atoms with E-state index in [4.69, 9.17) is 0 Å². The molecule has 0 spiro atoms. The summed E-state index contributed by atoms with van der Waals surface area (Å²) in [5.74, 6) is -0.975. The van der Waals surface area contributed by atoms with E-state index in [-0.39, 0.29) is 12.5 Å². The normalized spacial score (nSPS) is 11.0. The number of amides is 1. The third-order valence-corrected chi connectivity index (χ3v) is 4.45. The van der Waals surface area contributed by atoms with E-state index in [2.05, 4.69) is 10.4 Å². The topological polar surface area (TPSA) is 86.0 Å². The average Bonchev–Trinajstić information content (AvgIpc) is 2.70. The van der Waals surface area contributed by atoms with Crippen molar-refractivity contribution in [1.29, 1.82) is 0 Å². The Labute approximate surface area is 172 Å². The third-order valence-electron chi connectivity index (χ3n) is 4.45. The Balaban J connectivity index is 2.16. The van der Waals surface area contributed by atoms with Gasteiger partial charge in [-0.15, -0.1) is 0 Å². The van der Waals surface area contributed by atoms with Crippen LogP contribution in [0.15, 0.2) is 58.1 Å². The summed E-state index contributed by atoms with van der Waals surface area (Å²) in [6.07, 6.45) is 0. The summed E-state index contributed by atoms with van der Waals surface area (Å²) in [6.45, 7) is 5.91. The van der Waals surface area contributed by atoms with Gasteiger partial charge in [0.15, 0.2) is 0 Å². The summed E-state index contributed by atoms with van der Waals surface area (Å²) in [7, 11) is 0. The van der Waals surface area contributed by atoms with Gasteiger partial charge in [-0.3, -0.25) is 14.2 Å². The Kier molecular flexibility index (Phi) is 6.25. The lowest BCUT2D eigenvalue weighted by Gasteiger charge is -2.13. The Hall–Kier alpha value is -3.55. The molecule has 2 aromatic carbocycles. The highest BCUT2D eigenvalue weighted by molar-refractivity contribution is 5.91. The van der Waals surface area contributed by atoms with Crippen LogP contribution in [-0.4, -0.2) is 26.8 Å². The zero-order valence-corrected chi connectivity index (χ0v) is 17.1. The fourth-order valence-corrected chi connectivity index (χ4v) is 2.85. The molecule has 0 bridgehead atoms. The van der Waals surface area contributed by atoms with Crippen LogP contribution in [0.1, 0.15) is 35.5 Å². The summed E-state index contributed by atoms with van der Waals surface area (Å²) in [5.41, 5.74) is -0.120. The number of hydrogen-bond acceptors (Lipinski definition) is 4. The minimum atomic E-state index is -0.825. The fraction of sp³-hybridized carbons (Fsp3) is 0.273. The minimum Gasteiger partial charge on any atom is -0.350 e. The Morgan fingerprint density at radius 1 is 1.13 bits per heavy atom. The number of benzene rings is 2. The average molecular weight is 410 g/mol. The Morgan fingerprint density at radius 2 is 1.83 bits per heavy atom. The van der Waals surface area contributed by atoms with Crippen LogP contribution in [0.3, 0.4) is 0 Å². The standard InChI is InChI=1S/C22H23FN4O3/c1-14(2)12-24-20(28)19-21(29)26(13-16-5-4-6-17(23)11-16)22(30)27(25-19)18-9-7-15(3)8-10-18/h4-11,14H,12-13H2,1-3H3,(H,24,28). The maximum Gasteiger partial charge on any atom is 0.352 e. The number of aromatic nitrogens is 3. The maximum absolute atomic E-state index is 13.6. The lowest BCUT2D eigenvalue weighted by atomic mass is 10.2. The van der Waals surface area contributed by atoms with Gasteiger partial charge in [-0.25, -0.2) is 9.18 Å². The van der Waals surface area contributed by atoms with Crippen LogP contribution in [0, 0.1) is 18.7 Å². The van der Waals surface area contributed by atoms with E-state index in [1.807, 2.05) is 20.8 Å². The van der Waals surface area contributed by atoms with Crippen molar-refractivity contribution >= 4 is 5.91 Å². The lowest BCUT2D eigenvalue weighted by molar-refractivity contribution is 0.0939. The van der Waals surface area contributed by atoms with E-state index in [0.29, 0.717) is 17.8 Å². The molecule has 156 valence electrons. The molecule has 3 rings (SSSR count). The first-order chi connectivity index (χ1) is 14.3. The highest BCUT2D eigenvalue weighted by Gasteiger charge is 2.20. The van der Waals surface area contributed by atoms with E-state index in [1.165, 1.54) is 18.2 Å². The van der Waals surface area contributed by atoms with Crippen molar-refractivity contribution in [3.8, 4) is 5.69 Å². The molecular weight excluding hydrogens is 387 g/mol. The van der Waals surface area contributed by atoms with Gasteiger partial charge in [-0.05, 0) is 42.7 Å². The first-order valence-corrected chi connectivity index (χ1v) is 9.60. The van der Waals surface area contributed by atoms with Crippen molar-refractivity contribution in [2.75, 3.05) is 6.54 Å². The van der Waals surface area contributed by atoms with Crippen LogP contribution >= 0.6 is 0 Å². The number of aryl methyl sites for hydroxylation is 1. The van der Waals surface area contributed by atoms with Crippen molar-refractivity contribution in [1.82, 2.24) is 19.7 Å². The van der Waals surface area contributed by atoms with Crippen LogP contribution < -0.4 is 16.6 Å². The molecule has 1 aromatic heterocycles. The number of carbonyl (C=O) groups is 1. The van der Waals surface area contributed by atoms with Crippen molar-refractivity contribution in [3.63, 3.8) is 0 Å². The molecule has 0 aliphatic carbocycles. The largest absolute Gasteiger partial charge is 0.352 e. The third kappa shape index (κ3) is 4.71. The van der Waals surface area contributed by atoms with Gasteiger partial charge in [-0.1, -0.05) is 43.7 Å². The van der Waals surface area contributed by atoms with Gasteiger partial charge in [0.05, 0.1) is 12.2 Å². The van der Waals surface area contributed by atoms with E-state index in [9.17, 15) is 18.8 Å². The van der Waals surface area contributed by atoms with Crippen LogP contribution in [-0.2, 0) is 6.54 Å². The van der Waals surface area contributed by atoms with Crippen molar-refractivity contribution in [2.45, 2.75) is 27.3 Å². The van der Waals surface area contributed by atoms with E-state index in [1.54, 1.807) is 30.3 Å². The molecule has 0 unspecified atom stereocenters. The van der Waals surface area contributed by atoms with Crippen molar-refractivity contribution < 1.29 is 9.18 Å². The van der Waals surface area contributed by atoms with Gasteiger partial charge >= 0.3 is 5.69 Å². The molecule has 1 N–H and O–H groups in total. The van der Waals surface area contributed by atoms with Gasteiger partial charge in [-0.2, -0.15) is 9.78 Å². The Bertz CT molecular complexity index is 1180. The van der Waals surface area contributed by atoms with E-state index < -0.39 is 28.7 Å². The molecular formula is C22H23FN4O3. The second kappa shape index (κ2) is 8.86. The van der Waals surface area contributed by atoms with Gasteiger partial charge in [0, 0.05) is 6.54 Å². The first-order valence-electron chi connectivity index (χ1n) is 9.60. The molecule has 0 aliphatic rings. The molecule has 0 aliphatic heterocycles. The molecule has 0 saturated carbocycles. The molecule has 0 saturated heterocycles. The lowest BCUT2D eigenvalue weighted by Crippen LogP contribution is -2.46. The maximum atomic E-state index is 13.6. The van der Waals surface area contributed by atoms with Crippen LogP contribution in [0.25, 0.3) is 5.69 Å². The smallest absolute Gasteiger partial charge is 0.350 e. The van der Waals surface area contributed by atoms with Gasteiger partial charge in [0.2, 0.25) is 5.69 Å². The number of nitrogens with zero attached hydrogens (tertiary/aromatic N) is 3. The summed E-state index contributed by atoms with van der Waals surface area (Å²) >= 11 is 0. The number of hydrogen-bond donors (Lipinski definition) is 1. The molecule has 7 nitrogen and oxygen atoms in total. The highest BCUT2D eigenvalue weighted by Crippen LogP contribution is 2.07. The summed E-state index contributed by atoms with van der Waals surface area (Å²) in [5, 5.41) is 6.71. The quantitative estimate of drug-likeness (QED) is 0.676. The van der Waals surface area contributed by atoms with Crippen molar-refractivity contribution in [3.05, 3.63) is 92.0 Å². The van der Waals surface area contributed by atoms with E-state index in [0.717, 1.165) is 14.8 Å². The van der Waals surface area contributed by atoms with Gasteiger partial charge in [0.25, 0.3) is 11.5 Å².